The molecule has 0 aliphatic carbocycles. The zero-order valence-electron chi connectivity index (χ0n) is 19.3. The molecule has 0 saturated carbocycles. The smallest absolute Gasteiger partial charge is 0.406 e. The molecule has 0 unspecified atom stereocenters. The molecule has 1 amide bonds. The van der Waals surface area contributed by atoms with Crippen molar-refractivity contribution in [3.05, 3.63) is 102 Å². The Morgan fingerprint density at radius 1 is 1.00 bits per heavy atom. The molecular formula is C27H23F4N3O2. The maximum Gasteiger partial charge on any atom is 0.573 e. The van der Waals surface area contributed by atoms with Gasteiger partial charge in [0.2, 0.25) is 5.91 Å². The van der Waals surface area contributed by atoms with Crippen LogP contribution in [0, 0.1) is 12.7 Å². The third-order valence-electron chi connectivity index (χ3n) is 5.38. The van der Waals surface area contributed by atoms with Gasteiger partial charge < -0.3 is 10.1 Å². The van der Waals surface area contributed by atoms with Crippen LogP contribution in [0.4, 0.5) is 17.6 Å². The summed E-state index contributed by atoms with van der Waals surface area (Å²) in [6.07, 6.45) is -4.29. The normalized spacial score (nSPS) is 11.4. The third-order valence-corrected chi connectivity index (χ3v) is 5.38. The van der Waals surface area contributed by atoms with Crippen LogP contribution < -0.4 is 10.1 Å². The summed E-state index contributed by atoms with van der Waals surface area (Å²) in [6.45, 7) is 2.39. The van der Waals surface area contributed by atoms with Gasteiger partial charge in [-0.05, 0) is 55.0 Å². The van der Waals surface area contributed by atoms with Crippen molar-refractivity contribution >= 4 is 5.91 Å². The van der Waals surface area contributed by atoms with E-state index in [0.29, 0.717) is 35.6 Å². The van der Waals surface area contributed by atoms with E-state index in [1.165, 1.54) is 41.1 Å². The van der Waals surface area contributed by atoms with Gasteiger partial charge in [0.05, 0.1) is 17.1 Å². The minimum Gasteiger partial charge on any atom is -0.406 e. The summed E-state index contributed by atoms with van der Waals surface area (Å²) < 4.78 is 56.8. The number of carbonyl (C=O) groups excluding carboxylic acids is 1. The van der Waals surface area contributed by atoms with Gasteiger partial charge in [-0.25, -0.2) is 9.07 Å². The lowest BCUT2D eigenvalue weighted by Crippen LogP contribution is -2.23. The monoisotopic (exact) mass is 497 g/mol. The number of amides is 1. The molecule has 3 aromatic carbocycles. The highest BCUT2D eigenvalue weighted by atomic mass is 19.4. The first kappa shape index (κ1) is 25.0. The standard InChI is InChI=1S/C27H23F4N3O2/c1-18-4-2-5-19(14-18)17-32-26(35)13-8-22-16-25(20-6-3-7-21(28)15-20)34(33-22)23-9-11-24(12-10-23)36-27(29,30)31/h2-7,9-12,14-16H,8,13,17H2,1H3,(H,32,35). The molecule has 0 aliphatic rings. The molecule has 0 bridgehead atoms. The maximum atomic E-state index is 13.9. The quantitative estimate of drug-likeness (QED) is 0.298. The summed E-state index contributed by atoms with van der Waals surface area (Å²) >= 11 is 0. The fourth-order valence-corrected chi connectivity index (χ4v) is 3.74. The Labute approximate surface area is 205 Å². The molecule has 4 rings (SSSR count). The van der Waals surface area contributed by atoms with E-state index in [1.807, 2.05) is 31.2 Å². The number of ether oxygens (including phenoxy) is 1. The SMILES string of the molecule is Cc1cccc(CNC(=O)CCc2cc(-c3cccc(F)c3)n(-c3ccc(OC(F)(F)F)cc3)n2)c1. The van der Waals surface area contributed by atoms with E-state index in [0.717, 1.165) is 11.1 Å². The van der Waals surface area contributed by atoms with E-state index in [1.54, 1.807) is 18.2 Å². The van der Waals surface area contributed by atoms with E-state index in [9.17, 15) is 22.4 Å². The minimum absolute atomic E-state index is 0.146. The Kier molecular flexibility index (Phi) is 7.38. The average molecular weight is 497 g/mol. The Hall–Kier alpha value is -4.14. The molecular weight excluding hydrogens is 474 g/mol. The topological polar surface area (TPSA) is 56.2 Å². The maximum absolute atomic E-state index is 13.9. The number of halogens is 4. The van der Waals surface area contributed by atoms with Gasteiger partial charge >= 0.3 is 6.36 Å². The van der Waals surface area contributed by atoms with Gasteiger partial charge in [0.15, 0.2) is 0 Å². The summed E-state index contributed by atoms with van der Waals surface area (Å²) in [7, 11) is 0. The highest BCUT2D eigenvalue weighted by molar-refractivity contribution is 5.76. The number of rotatable bonds is 8. The molecule has 0 atom stereocenters. The van der Waals surface area contributed by atoms with Crippen molar-refractivity contribution < 1.29 is 27.1 Å². The number of nitrogens with one attached hydrogen (secondary N) is 1. The van der Waals surface area contributed by atoms with E-state index < -0.39 is 12.2 Å². The molecule has 9 heteroatoms. The zero-order chi connectivity index (χ0) is 25.7. The van der Waals surface area contributed by atoms with Crippen molar-refractivity contribution in [1.29, 1.82) is 0 Å². The van der Waals surface area contributed by atoms with Crippen molar-refractivity contribution in [2.45, 2.75) is 32.7 Å². The Bertz CT molecular complexity index is 1350. The second kappa shape index (κ2) is 10.6. The fraction of sp³-hybridized carbons (Fsp3) is 0.185. The van der Waals surface area contributed by atoms with Gasteiger partial charge in [0, 0.05) is 24.9 Å². The lowest BCUT2D eigenvalue weighted by Gasteiger charge is -2.11. The largest absolute Gasteiger partial charge is 0.573 e. The molecule has 36 heavy (non-hydrogen) atoms. The van der Waals surface area contributed by atoms with E-state index in [-0.39, 0.29) is 18.1 Å². The lowest BCUT2D eigenvalue weighted by molar-refractivity contribution is -0.274. The molecule has 4 aromatic rings. The van der Waals surface area contributed by atoms with Crippen molar-refractivity contribution in [2.75, 3.05) is 0 Å². The van der Waals surface area contributed by atoms with E-state index >= 15 is 0 Å². The van der Waals surface area contributed by atoms with Crippen LogP contribution in [0.5, 0.6) is 5.75 Å². The number of hydrogen-bond acceptors (Lipinski definition) is 3. The van der Waals surface area contributed by atoms with Crippen LogP contribution in [0.25, 0.3) is 16.9 Å². The number of benzene rings is 3. The molecule has 0 spiro atoms. The molecule has 1 N–H and O–H groups in total. The summed E-state index contributed by atoms with van der Waals surface area (Å²) in [6, 6.07) is 20.7. The molecule has 5 nitrogen and oxygen atoms in total. The number of alkyl halides is 3. The molecule has 0 fully saturated rings. The van der Waals surface area contributed by atoms with Gasteiger partial charge in [-0.15, -0.1) is 13.2 Å². The fourth-order valence-electron chi connectivity index (χ4n) is 3.74. The third kappa shape index (κ3) is 6.71. The predicted molar refractivity (Wildman–Crippen MR) is 127 cm³/mol. The first-order valence-corrected chi connectivity index (χ1v) is 11.2. The van der Waals surface area contributed by atoms with Crippen LogP contribution >= 0.6 is 0 Å². The van der Waals surface area contributed by atoms with Gasteiger partial charge in [-0.2, -0.15) is 5.10 Å². The highest BCUT2D eigenvalue weighted by Crippen LogP contribution is 2.28. The van der Waals surface area contributed by atoms with Gasteiger partial charge in [0.1, 0.15) is 11.6 Å². The van der Waals surface area contributed by atoms with Gasteiger partial charge in [-0.3, -0.25) is 4.79 Å². The van der Waals surface area contributed by atoms with Gasteiger partial charge in [-0.1, -0.05) is 42.0 Å². The Balaban J connectivity index is 1.52. The lowest BCUT2D eigenvalue weighted by atomic mass is 10.1. The Morgan fingerprint density at radius 3 is 2.44 bits per heavy atom. The van der Waals surface area contributed by atoms with Crippen LogP contribution in [0.2, 0.25) is 0 Å². The molecule has 1 aromatic heterocycles. The minimum atomic E-state index is -4.80. The number of hydrogen-bond donors (Lipinski definition) is 1. The molecule has 186 valence electrons. The summed E-state index contributed by atoms with van der Waals surface area (Å²) in [4.78, 5) is 12.4. The molecule has 0 radical (unpaired) electrons. The number of aryl methyl sites for hydroxylation is 2. The second-order valence-corrected chi connectivity index (χ2v) is 8.25. The predicted octanol–water partition coefficient (Wildman–Crippen LogP) is 6.13. The number of carbonyl (C=O) groups is 1. The zero-order valence-corrected chi connectivity index (χ0v) is 19.3. The molecule has 0 aliphatic heterocycles. The average Bonchev–Trinajstić information content (AvgIpc) is 3.25. The Morgan fingerprint density at radius 2 is 1.75 bits per heavy atom. The van der Waals surface area contributed by atoms with Gasteiger partial charge in [0.25, 0.3) is 0 Å². The summed E-state index contributed by atoms with van der Waals surface area (Å²) in [5.41, 5.74) is 4.21. The van der Waals surface area contributed by atoms with E-state index in [4.69, 9.17) is 0 Å². The van der Waals surface area contributed by atoms with Crippen molar-refractivity contribution in [3.8, 4) is 22.7 Å². The first-order chi connectivity index (χ1) is 17.2. The van der Waals surface area contributed by atoms with Crippen LogP contribution in [0.3, 0.4) is 0 Å². The van der Waals surface area contributed by atoms with Crippen LogP contribution in [0.15, 0.2) is 78.9 Å². The van der Waals surface area contributed by atoms with Crippen molar-refractivity contribution in [2.24, 2.45) is 0 Å². The highest BCUT2D eigenvalue weighted by Gasteiger charge is 2.31. The number of aromatic nitrogens is 2. The second-order valence-electron chi connectivity index (χ2n) is 8.25. The molecule has 0 saturated heterocycles. The van der Waals surface area contributed by atoms with Crippen LogP contribution in [0.1, 0.15) is 23.2 Å². The van der Waals surface area contributed by atoms with Crippen molar-refractivity contribution in [3.63, 3.8) is 0 Å². The first-order valence-electron chi connectivity index (χ1n) is 11.2. The summed E-state index contributed by atoms with van der Waals surface area (Å²) in [5.74, 6) is -0.950. The van der Waals surface area contributed by atoms with E-state index in [2.05, 4.69) is 15.2 Å². The summed E-state index contributed by atoms with van der Waals surface area (Å²) in [5, 5.41) is 7.43. The van der Waals surface area contributed by atoms with Crippen LogP contribution in [-0.4, -0.2) is 22.1 Å². The number of nitrogens with zero attached hydrogens (tertiary/aromatic N) is 2. The van der Waals surface area contributed by atoms with Crippen molar-refractivity contribution in [1.82, 2.24) is 15.1 Å². The molecule has 1 heterocycles. The van der Waals surface area contributed by atoms with Crippen LogP contribution in [-0.2, 0) is 17.8 Å².